The van der Waals surface area contributed by atoms with E-state index in [-0.39, 0.29) is 17.5 Å². The van der Waals surface area contributed by atoms with Crippen molar-refractivity contribution in [2.45, 2.75) is 25.3 Å². The molecule has 2 amide bonds. The molecule has 144 valence electrons. The summed E-state index contributed by atoms with van der Waals surface area (Å²) in [6, 6.07) is 11.8. The van der Waals surface area contributed by atoms with Gasteiger partial charge < -0.3 is 10.6 Å². The van der Waals surface area contributed by atoms with Gasteiger partial charge in [0.2, 0.25) is 10.0 Å². The quantitative estimate of drug-likeness (QED) is 0.715. The molecule has 0 saturated carbocycles. The lowest BCUT2D eigenvalue weighted by Crippen LogP contribution is -2.28. The molecule has 0 saturated heterocycles. The maximum atomic E-state index is 12.3. The second kappa shape index (κ2) is 8.83. The first kappa shape index (κ1) is 20.7. The number of urea groups is 1. The predicted molar refractivity (Wildman–Crippen MR) is 108 cm³/mol. The van der Waals surface area contributed by atoms with Crippen LogP contribution in [0.1, 0.15) is 16.7 Å². The third-order valence-electron chi connectivity index (χ3n) is 4.14. The van der Waals surface area contributed by atoms with Crippen LogP contribution >= 0.6 is 0 Å². The molecule has 0 spiro atoms. The van der Waals surface area contributed by atoms with Crippen LogP contribution in [-0.2, 0) is 16.6 Å². The van der Waals surface area contributed by atoms with Crippen molar-refractivity contribution in [3.05, 3.63) is 71.8 Å². The second-order valence-electron chi connectivity index (χ2n) is 6.34. The molecular formula is C20H25N3O3S. The zero-order valence-electron chi connectivity index (χ0n) is 15.8. The van der Waals surface area contributed by atoms with Gasteiger partial charge in [0.25, 0.3) is 0 Å². The number of nitrogens with zero attached hydrogens (tertiary/aromatic N) is 1. The van der Waals surface area contributed by atoms with Crippen LogP contribution in [0.15, 0.2) is 60.0 Å². The van der Waals surface area contributed by atoms with Gasteiger partial charge in [-0.05, 0) is 49.2 Å². The fourth-order valence-corrected chi connectivity index (χ4v) is 3.71. The van der Waals surface area contributed by atoms with E-state index in [9.17, 15) is 13.2 Å². The van der Waals surface area contributed by atoms with E-state index in [0.717, 1.165) is 11.1 Å². The highest BCUT2D eigenvalue weighted by Crippen LogP contribution is 2.17. The maximum absolute atomic E-state index is 12.3. The van der Waals surface area contributed by atoms with Crippen molar-refractivity contribution in [2.24, 2.45) is 0 Å². The van der Waals surface area contributed by atoms with E-state index in [0.29, 0.717) is 12.2 Å². The first-order valence-electron chi connectivity index (χ1n) is 8.52. The lowest BCUT2D eigenvalue weighted by molar-refractivity contribution is 0.251. The number of carbonyl (C=O) groups excluding carboxylic acids is 1. The lowest BCUT2D eigenvalue weighted by Gasteiger charge is -2.15. The number of carbonyl (C=O) groups is 1. The predicted octanol–water partition coefficient (Wildman–Crippen LogP) is 3.43. The molecule has 0 atom stereocenters. The van der Waals surface area contributed by atoms with Gasteiger partial charge in [-0.1, -0.05) is 29.8 Å². The number of nitrogens with one attached hydrogen (secondary N) is 2. The largest absolute Gasteiger partial charge is 0.334 e. The Morgan fingerprint density at radius 1 is 1.15 bits per heavy atom. The molecule has 0 aliphatic carbocycles. The summed E-state index contributed by atoms with van der Waals surface area (Å²) in [5, 5.41) is 5.50. The summed E-state index contributed by atoms with van der Waals surface area (Å²) in [7, 11) is -2.08. The van der Waals surface area contributed by atoms with Crippen LogP contribution < -0.4 is 10.6 Å². The highest BCUT2D eigenvalue weighted by atomic mass is 32.2. The number of hydrogen-bond donors (Lipinski definition) is 2. The number of hydrogen-bond acceptors (Lipinski definition) is 3. The van der Waals surface area contributed by atoms with Gasteiger partial charge in [0.05, 0.1) is 4.90 Å². The summed E-state index contributed by atoms with van der Waals surface area (Å²) in [5.41, 5.74) is 3.85. The van der Waals surface area contributed by atoms with Gasteiger partial charge >= 0.3 is 6.03 Å². The average molecular weight is 388 g/mol. The molecule has 0 aliphatic rings. The molecule has 0 bridgehead atoms. The van der Waals surface area contributed by atoms with Crippen molar-refractivity contribution < 1.29 is 13.2 Å². The molecule has 0 fully saturated rings. The van der Waals surface area contributed by atoms with Crippen molar-refractivity contribution in [1.29, 1.82) is 0 Å². The Hall–Kier alpha value is -2.64. The third-order valence-corrected chi connectivity index (χ3v) is 5.98. The number of likely N-dealkylation sites (N-methyl/N-ethyl adjacent to an activating group) is 1. The molecule has 0 heterocycles. The monoisotopic (exact) mass is 387 g/mol. The smallest absolute Gasteiger partial charge is 0.319 e. The summed E-state index contributed by atoms with van der Waals surface area (Å²) in [4.78, 5) is 12.2. The van der Waals surface area contributed by atoms with Gasteiger partial charge in [-0.15, -0.1) is 6.58 Å². The van der Waals surface area contributed by atoms with E-state index in [1.54, 1.807) is 12.1 Å². The zero-order valence-corrected chi connectivity index (χ0v) is 16.6. The Labute approximate surface area is 161 Å². The Kier molecular flexibility index (Phi) is 6.76. The van der Waals surface area contributed by atoms with Gasteiger partial charge in [-0.2, -0.15) is 4.31 Å². The minimum Gasteiger partial charge on any atom is -0.334 e. The maximum Gasteiger partial charge on any atom is 0.319 e. The summed E-state index contributed by atoms with van der Waals surface area (Å²) >= 11 is 0. The zero-order chi connectivity index (χ0) is 20.0. The Bertz CT molecular complexity index is 922. The first-order chi connectivity index (χ1) is 12.7. The molecule has 2 rings (SSSR count). The van der Waals surface area contributed by atoms with Gasteiger partial charge in [0.1, 0.15) is 0 Å². The Morgan fingerprint density at radius 3 is 2.41 bits per heavy atom. The number of anilines is 1. The standard InChI is InChI=1S/C20H25N3O3S/c1-5-12-23(4)27(25,26)19-10-8-18(9-11-19)22-20(24)21-14-17-7-6-15(2)13-16(17)3/h5-11,13H,1,12,14H2,2-4H3,(H2,21,22,24). The number of benzene rings is 2. The lowest BCUT2D eigenvalue weighted by atomic mass is 10.1. The van der Waals surface area contributed by atoms with Crippen LogP contribution in [-0.4, -0.2) is 32.3 Å². The van der Waals surface area contributed by atoms with E-state index < -0.39 is 10.0 Å². The first-order valence-corrected chi connectivity index (χ1v) is 9.96. The SMILES string of the molecule is C=CCN(C)S(=O)(=O)c1ccc(NC(=O)NCc2ccc(C)cc2C)cc1. The van der Waals surface area contributed by atoms with Crippen LogP contribution in [0, 0.1) is 13.8 Å². The molecule has 7 heteroatoms. The third kappa shape index (κ3) is 5.42. The topological polar surface area (TPSA) is 78.5 Å². The molecule has 6 nitrogen and oxygen atoms in total. The summed E-state index contributed by atoms with van der Waals surface area (Å²) in [6.45, 7) is 8.21. The molecule has 2 aromatic rings. The van der Waals surface area contributed by atoms with Crippen molar-refractivity contribution in [2.75, 3.05) is 18.9 Å². The Balaban J connectivity index is 1.97. The highest BCUT2D eigenvalue weighted by Gasteiger charge is 2.19. The van der Waals surface area contributed by atoms with Gasteiger partial charge in [-0.25, -0.2) is 13.2 Å². The Morgan fingerprint density at radius 2 is 1.81 bits per heavy atom. The van der Waals surface area contributed by atoms with E-state index in [4.69, 9.17) is 0 Å². The molecule has 0 aromatic heterocycles. The minimum absolute atomic E-state index is 0.160. The molecule has 2 aromatic carbocycles. The summed E-state index contributed by atoms with van der Waals surface area (Å²) in [6.07, 6.45) is 1.52. The molecule has 2 N–H and O–H groups in total. The fourth-order valence-electron chi connectivity index (χ4n) is 2.57. The van der Waals surface area contributed by atoms with Gasteiger partial charge in [-0.3, -0.25) is 0 Å². The van der Waals surface area contributed by atoms with E-state index >= 15 is 0 Å². The second-order valence-corrected chi connectivity index (χ2v) is 8.38. The average Bonchev–Trinajstić information content (AvgIpc) is 2.61. The molecular weight excluding hydrogens is 362 g/mol. The summed E-state index contributed by atoms with van der Waals surface area (Å²) in [5.74, 6) is 0. The minimum atomic E-state index is -3.57. The fraction of sp³-hybridized carbons (Fsp3) is 0.250. The van der Waals surface area contributed by atoms with Crippen molar-refractivity contribution in [3.8, 4) is 0 Å². The number of sulfonamides is 1. The summed E-state index contributed by atoms with van der Waals surface area (Å²) < 4.78 is 25.9. The van der Waals surface area contributed by atoms with Gasteiger partial charge in [0, 0.05) is 25.8 Å². The number of aryl methyl sites for hydroxylation is 2. The molecule has 0 radical (unpaired) electrons. The van der Waals surface area contributed by atoms with Gasteiger partial charge in [0.15, 0.2) is 0 Å². The normalized spacial score (nSPS) is 11.3. The van der Waals surface area contributed by atoms with E-state index in [1.807, 2.05) is 26.0 Å². The molecule has 27 heavy (non-hydrogen) atoms. The van der Waals surface area contributed by atoms with Crippen LogP contribution in [0.25, 0.3) is 0 Å². The van der Waals surface area contributed by atoms with E-state index in [1.165, 1.54) is 35.1 Å². The molecule has 0 aliphatic heterocycles. The van der Waals surface area contributed by atoms with Crippen molar-refractivity contribution in [1.82, 2.24) is 9.62 Å². The number of amides is 2. The van der Waals surface area contributed by atoms with Crippen LogP contribution in [0.5, 0.6) is 0 Å². The van der Waals surface area contributed by atoms with Crippen LogP contribution in [0.4, 0.5) is 10.5 Å². The number of rotatable bonds is 7. The van der Waals surface area contributed by atoms with Crippen molar-refractivity contribution in [3.63, 3.8) is 0 Å². The van der Waals surface area contributed by atoms with E-state index in [2.05, 4.69) is 23.3 Å². The van der Waals surface area contributed by atoms with Crippen molar-refractivity contribution >= 4 is 21.7 Å². The van der Waals surface area contributed by atoms with Crippen LogP contribution in [0.2, 0.25) is 0 Å². The highest BCUT2D eigenvalue weighted by molar-refractivity contribution is 7.89. The van der Waals surface area contributed by atoms with Crippen LogP contribution in [0.3, 0.4) is 0 Å². The molecule has 0 unspecified atom stereocenters.